The molecule has 0 aromatic heterocycles. The van der Waals surface area contributed by atoms with Crippen molar-refractivity contribution in [2.75, 3.05) is 26.1 Å². The van der Waals surface area contributed by atoms with Crippen LogP contribution in [0.2, 0.25) is 0 Å². The minimum absolute atomic E-state index is 0.114. The molecule has 0 atom stereocenters. The van der Waals surface area contributed by atoms with Gasteiger partial charge in [-0.3, -0.25) is 9.59 Å². The largest absolute Gasteiger partial charge is 0.493 e. The maximum atomic E-state index is 12.9. The van der Waals surface area contributed by atoms with E-state index in [0.29, 0.717) is 17.9 Å². The van der Waals surface area contributed by atoms with Crippen LogP contribution >= 0.6 is 0 Å². The number of halogens is 3. The van der Waals surface area contributed by atoms with Crippen molar-refractivity contribution in [3.05, 3.63) is 53.6 Å². The molecule has 0 radical (unpaired) electrons. The lowest BCUT2D eigenvalue weighted by atomic mass is 10.1. The molecule has 6 nitrogen and oxygen atoms in total. The van der Waals surface area contributed by atoms with Crippen LogP contribution in [0.3, 0.4) is 0 Å². The van der Waals surface area contributed by atoms with Gasteiger partial charge in [-0.25, -0.2) is 0 Å². The van der Waals surface area contributed by atoms with E-state index in [9.17, 15) is 22.8 Å². The summed E-state index contributed by atoms with van der Waals surface area (Å²) < 4.78 is 49.1. The zero-order valence-corrected chi connectivity index (χ0v) is 15.2. The minimum Gasteiger partial charge on any atom is -0.493 e. The fourth-order valence-corrected chi connectivity index (χ4v) is 2.46. The van der Waals surface area contributed by atoms with Crippen LogP contribution in [0.4, 0.5) is 18.9 Å². The third-order valence-electron chi connectivity index (χ3n) is 3.83. The molecule has 2 amide bonds. The van der Waals surface area contributed by atoms with E-state index in [2.05, 4.69) is 5.32 Å². The number of anilines is 1. The number of benzene rings is 2. The molecule has 2 aromatic carbocycles. The summed E-state index contributed by atoms with van der Waals surface area (Å²) in [6.07, 6.45) is -4.26. The number of ether oxygens (including phenoxy) is 2. The van der Waals surface area contributed by atoms with Gasteiger partial charge in [0.1, 0.15) is 0 Å². The zero-order valence-electron chi connectivity index (χ0n) is 15.2. The highest BCUT2D eigenvalue weighted by molar-refractivity contribution is 6.39. The van der Waals surface area contributed by atoms with Crippen LogP contribution in [0.25, 0.3) is 0 Å². The first-order chi connectivity index (χ1) is 13.3. The smallest absolute Gasteiger partial charge is 0.418 e. The topological polar surface area (TPSA) is 76.7 Å². The quantitative estimate of drug-likeness (QED) is 0.736. The second-order valence-corrected chi connectivity index (χ2v) is 5.69. The third-order valence-corrected chi connectivity index (χ3v) is 3.83. The van der Waals surface area contributed by atoms with E-state index >= 15 is 0 Å². The van der Waals surface area contributed by atoms with Crippen LogP contribution in [-0.4, -0.2) is 32.6 Å². The number of hydrogen-bond acceptors (Lipinski definition) is 4. The second kappa shape index (κ2) is 9.12. The number of para-hydroxylation sites is 1. The highest BCUT2D eigenvalue weighted by Gasteiger charge is 2.34. The van der Waals surface area contributed by atoms with Crippen molar-refractivity contribution in [3.63, 3.8) is 0 Å². The van der Waals surface area contributed by atoms with Gasteiger partial charge in [0.25, 0.3) is 0 Å². The van der Waals surface area contributed by atoms with Crippen LogP contribution in [0.5, 0.6) is 11.5 Å². The van der Waals surface area contributed by atoms with Gasteiger partial charge in [0.05, 0.1) is 25.5 Å². The van der Waals surface area contributed by atoms with Gasteiger partial charge in [0, 0.05) is 6.54 Å². The molecule has 2 N–H and O–H groups in total. The number of nitrogens with one attached hydrogen (secondary N) is 2. The molecule has 2 aromatic rings. The predicted octanol–water partition coefficient (Wildman–Crippen LogP) is 3.02. The Morgan fingerprint density at radius 2 is 1.64 bits per heavy atom. The Balaban J connectivity index is 1.93. The average molecular weight is 396 g/mol. The van der Waals surface area contributed by atoms with Crippen molar-refractivity contribution in [2.24, 2.45) is 0 Å². The van der Waals surface area contributed by atoms with Gasteiger partial charge >= 0.3 is 18.0 Å². The molecule has 0 fully saturated rings. The monoisotopic (exact) mass is 396 g/mol. The molecule has 0 saturated heterocycles. The Hall–Kier alpha value is -3.23. The van der Waals surface area contributed by atoms with E-state index in [1.807, 2.05) is 5.32 Å². The average Bonchev–Trinajstić information content (AvgIpc) is 2.67. The molecule has 0 aliphatic carbocycles. The fraction of sp³-hybridized carbons (Fsp3) is 0.263. The number of amides is 2. The van der Waals surface area contributed by atoms with E-state index in [-0.39, 0.29) is 6.54 Å². The lowest BCUT2D eigenvalue weighted by Gasteiger charge is -2.13. The fourth-order valence-electron chi connectivity index (χ4n) is 2.46. The van der Waals surface area contributed by atoms with Crippen molar-refractivity contribution in [3.8, 4) is 11.5 Å². The van der Waals surface area contributed by atoms with Crippen LogP contribution in [0.15, 0.2) is 42.5 Å². The summed E-state index contributed by atoms with van der Waals surface area (Å²) in [4.78, 5) is 23.8. The minimum atomic E-state index is -4.65. The molecule has 28 heavy (non-hydrogen) atoms. The molecule has 0 unspecified atom stereocenters. The van der Waals surface area contributed by atoms with Crippen LogP contribution < -0.4 is 20.1 Å². The van der Waals surface area contributed by atoms with Crippen LogP contribution in [0.1, 0.15) is 11.1 Å². The molecule has 0 aliphatic heterocycles. The van der Waals surface area contributed by atoms with Crippen molar-refractivity contribution in [1.82, 2.24) is 5.32 Å². The summed E-state index contributed by atoms with van der Waals surface area (Å²) in [6.45, 7) is 0.114. The van der Waals surface area contributed by atoms with E-state index in [1.165, 1.54) is 26.4 Å². The van der Waals surface area contributed by atoms with Gasteiger partial charge in [0.15, 0.2) is 11.5 Å². The summed E-state index contributed by atoms with van der Waals surface area (Å²) in [7, 11) is 3.00. The number of alkyl halides is 3. The number of methoxy groups -OCH3 is 2. The van der Waals surface area contributed by atoms with Crippen molar-refractivity contribution in [1.29, 1.82) is 0 Å². The molecule has 0 saturated carbocycles. The molecule has 9 heteroatoms. The van der Waals surface area contributed by atoms with E-state index < -0.39 is 29.2 Å². The van der Waals surface area contributed by atoms with E-state index in [4.69, 9.17) is 9.47 Å². The molecule has 150 valence electrons. The van der Waals surface area contributed by atoms with Crippen LogP contribution in [0, 0.1) is 0 Å². The Morgan fingerprint density at radius 3 is 2.29 bits per heavy atom. The Morgan fingerprint density at radius 1 is 0.964 bits per heavy atom. The van der Waals surface area contributed by atoms with Gasteiger partial charge < -0.3 is 20.1 Å². The zero-order chi connectivity index (χ0) is 20.7. The SMILES string of the molecule is COc1ccc(CCNC(=O)C(=O)Nc2ccccc2C(F)(F)F)cc1OC. The van der Waals surface area contributed by atoms with Gasteiger partial charge in [0.2, 0.25) is 0 Å². The highest BCUT2D eigenvalue weighted by Crippen LogP contribution is 2.34. The summed E-state index contributed by atoms with van der Waals surface area (Å²) in [5, 5.41) is 4.36. The molecule has 0 heterocycles. The molecule has 0 bridgehead atoms. The molecule has 2 rings (SSSR count). The number of carbonyl (C=O) groups is 2. The summed E-state index contributed by atoms with van der Waals surface area (Å²) >= 11 is 0. The molecule has 0 spiro atoms. The first kappa shape index (κ1) is 21.1. The molecule has 0 aliphatic rings. The van der Waals surface area contributed by atoms with Crippen molar-refractivity contribution in [2.45, 2.75) is 12.6 Å². The Bertz CT molecular complexity index is 853. The first-order valence-corrected chi connectivity index (χ1v) is 8.22. The van der Waals surface area contributed by atoms with Gasteiger partial charge in [-0.1, -0.05) is 18.2 Å². The lowest BCUT2D eigenvalue weighted by Crippen LogP contribution is -2.36. The van der Waals surface area contributed by atoms with E-state index in [1.54, 1.807) is 18.2 Å². The highest BCUT2D eigenvalue weighted by atomic mass is 19.4. The summed E-state index contributed by atoms with van der Waals surface area (Å²) in [6, 6.07) is 9.64. The second-order valence-electron chi connectivity index (χ2n) is 5.69. The maximum absolute atomic E-state index is 12.9. The molecular weight excluding hydrogens is 377 g/mol. The normalized spacial score (nSPS) is 10.9. The van der Waals surface area contributed by atoms with Crippen LogP contribution in [-0.2, 0) is 22.2 Å². The van der Waals surface area contributed by atoms with Crippen molar-refractivity contribution >= 4 is 17.5 Å². The van der Waals surface area contributed by atoms with Gasteiger partial charge in [-0.2, -0.15) is 13.2 Å². The number of rotatable bonds is 6. The Kier molecular flexibility index (Phi) is 6.86. The molecular formula is C19H19F3N2O4. The van der Waals surface area contributed by atoms with Gasteiger partial charge in [-0.05, 0) is 36.2 Å². The first-order valence-electron chi connectivity index (χ1n) is 8.22. The number of carbonyl (C=O) groups excluding carboxylic acids is 2. The van der Waals surface area contributed by atoms with Crippen molar-refractivity contribution < 1.29 is 32.2 Å². The lowest BCUT2D eigenvalue weighted by molar-refractivity contribution is -0.138. The summed E-state index contributed by atoms with van der Waals surface area (Å²) in [5.41, 5.74) is -0.683. The number of hydrogen-bond donors (Lipinski definition) is 2. The van der Waals surface area contributed by atoms with Gasteiger partial charge in [-0.15, -0.1) is 0 Å². The Labute approximate surface area is 159 Å². The predicted molar refractivity (Wildman–Crippen MR) is 96.3 cm³/mol. The summed E-state index contributed by atoms with van der Waals surface area (Å²) in [5.74, 6) is -1.13. The van der Waals surface area contributed by atoms with E-state index in [0.717, 1.165) is 17.7 Å². The third kappa shape index (κ3) is 5.38. The standard InChI is InChI=1S/C19H19F3N2O4/c1-27-15-8-7-12(11-16(15)28-2)9-10-23-17(25)18(26)24-14-6-4-3-5-13(14)19(20,21)22/h3-8,11H,9-10H2,1-2H3,(H,23,25)(H,24,26). The maximum Gasteiger partial charge on any atom is 0.418 e.